The van der Waals surface area contributed by atoms with Gasteiger partial charge in [-0.05, 0) is 37.1 Å². The van der Waals surface area contributed by atoms with E-state index in [1.165, 1.54) is 10.7 Å². The second-order valence-electron chi connectivity index (χ2n) is 7.40. The lowest BCUT2D eigenvalue weighted by Crippen LogP contribution is -2.44. The average Bonchev–Trinajstić information content (AvgIpc) is 3.29. The van der Waals surface area contributed by atoms with Crippen LogP contribution in [-0.4, -0.2) is 50.1 Å². The molecular weight excluding hydrogens is 372 g/mol. The van der Waals surface area contributed by atoms with Crippen LogP contribution in [0.2, 0.25) is 0 Å². The first kappa shape index (κ1) is 17.7. The third-order valence-electron chi connectivity index (χ3n) is 5.33. The van der Waals surface area contributed by atoms with E-state index in [-0.39, 0.29) is 17.5 Å². The van der Waals surface area contributed by atoms with Gasteiger partial charge in [0.05, 0.1) is 24.9 Å². The zero-order valence-corrected chi connectivity index (χ0v) is 15.6. The van der Waals surface area contributed by atoms with Crippen LogP contribution in [0.4, 0.5) is 0 Å². The molecule has 0 bridgehead atoms. The van der Waals surface area contributed by atoms with Gasteiger partial charge in [-0.1, -0.05) is 0 Å². The van der Waals surface area contributed by atoms with Crippen LogP contribution in [0.15, 0.2) is 47.5 Å². The number of carbonyl (C=O) groups excluding carboxylic acids is 1. The number of H-pyrrole nitrogens is 1. The zero-order chi connectivity index (χ0) is 19.8. The quantitative estimate of drug-likeness (QED) is 0.676. The molecule has 1 saturated carbocycles. The molecular formula is C20H20N6O3. The smallest absolute Gasteiger partial charge is 0.272 e. The van der Waals surface area contributed by atoms with Crippen molar-refractivity contribution < 1.29 is 9.53 Å². The standard InChI is InChI=1S/C20H20N6O3/c27-19-4-3-14(13-5-7-21-8-6-13)25-26(19)18-11-29-10-17(18)22-20(28)16-9-15(23-24-16)12-1-2-12/h3-9,12,17-18H,1-2,10-11H2,(H,22,28)(H,23,24). The summed E-state index contributed by atoms with van der Waals surface area (Å²) in [4.78, 5) is 29.1. The van der Waals surface area contributed by atoms with Gasteiger partial charge in [-0.3, -0.25) is 19.7 Å². The lowest BCUT2D eigenvalue weighted by Gasteiger charge is -2.20. The molecule has 1 saturated heterocycles. The number of carbonyl (C=O) groups is 1. The van der Waals surface area contributed by atoms with Gasteiger partial charge in [0.15, 0.2) is 0 Å². The number of rotatable bonds is 5. The van der Waals surface area contributed by atoms with Gasteiger partial charge < -0.3 is 10.1 Å². The highest BCUT2D eigenvalue weighted by Crippen LogP contribution is 2.39. The lowest BCUT2D eigenvalue weighted by atomic mass is 10.1. The molecule has 9 nitrogen and oxygen atoms in total. The molecule has 3 aromatic heterocycles. The number of aromatic amines is 1. The summed E-state index contributed by atoms with van der Waals surface area (Å²) in [5.74, 6) is 0.206. The molecule has 0 aromatic carbocycles. The van der Waals surface area contributed by atoms with E-state index >= 15 is 0 Å². The summed E-state index contributed by atoms with van der Waals surface area (Å²) in [6.07, 6.45) is 5.61. The normalized spacial score (nSPS) is 21.2. The number of nitrogens with zero attached hydrogens (tertiary/aromatic N) is 4. The molecule has 0 spiro atoms. The van der Waals surface area contributed by atoms with Crippen LogP contribution in [0.5, 0.6) is 0 Å². The maximum Gasteiger partial charge on any atom is 0.272 e. The van der Waals surface area contributed by atoms with Gasteiger partial charge in [-0.2, -0.15) is 10.2 Å². The molecule has 0 radical (unpaired) electrons. The van der Waals surface area contributed by atoms with Gasteiger partial charge in [0.2, 0.25) is 0 Å². The number of nitrogens with one attached hydrogen (secondary N) is 2. The maximum absolute atomic E-state index is 12.6. The summed E-state index contributed by atoms with van der Waals surface area (Å²) < 4.78 is 6.96. The third-order valence-corrected chi connectivity index (χ3v) is 5.33. The van der Waals surface area contributed by atoms with E-state index in [0.29, 0.717) is 30.5 Å². The van der Waals surface area contributed by atoms with Crippen LogP contribution in [-0.2, 0) is 4.74 Å². The minimum absolute atomic E-state index is 0.242. The van der Waals surface area contributed by atoms with Crippen molar-refractivity contribution in [1.29, 1.82) is 0 Å². The molecule has 148 valence electrons. The molecule has 2 unspecified atom stereocenters. The van der Waals surface area contributed by atoms with Crippen molar-refractivity contribution in [1.82, 2.24) is 30.3 Å². The van der Waals surface area contributed by atoms with Crippen LogP contribution in [0.3, 0.4) is 0 Å². The first-order chi connectivity index (χ1) is 14.2. The Bertz CT molecular complexity index is 1090. The molecule has 3 aromatic rings. The Morgan fingerprint density at radius 1 is 1.17 bits per heavy atom. The van der Waals surface area contributed by atoms with Crippen LogP contribution < -0.4 is 10.9 Å². The fourth-order valence-electron chi connectivity index (χ4n) is 3.56. The first-order valence-electron chi connectivity index (χ1n) is 9.63. The number of aromatic nitrogens is 5. The topological polar surface area (TPSA) is 115 Å². The van der Waals surface area contributed by atoms with Crippen molar-refractivity contribution >= 4 is 5.91 Å². The fourth-order valence-corrected chi connectivity index (χ4v) is 3.56. The number of hydrogen-bond donors (Lipinski definition) is 2. The van der Waals surface area contributed by atoms with Crippen LogP contribution in [0.1, 0.15) is 41.0 Å². The lowest BCUT2D eigenvalue weighted by molar-refractivity contribution is 0.0919. The van der Waals surface area contributed by atoms with Crippen LogP contribution in [0.25, 0.3) is 11.3 Å². The van der Waals surface area contributed by atoms with Crippen LogP contribution in [0, 0.1) is 0 Å². The second kappa shape index (κ2) is 7.25. The molecule has 2 N–H and O–H groups in total. The fraction of sp³-hybridized carbons (Fsp3) is 0.350. The van der Waals surface area contributed by atoms with Gasteiger partial charge >= 0.3 is 0 Å². The van der Waals surface area contributed by atoms with Crippen molar-refractivity contribution in [3.05, 3.63) is 64.5 Å². The van der Waals surface area contributed by atoms with Crippen molar-refractivity contribution in [2.24, 2.45) is 0 Å². The monoisotopic (exact) mass is 392 g/mol. The van der Waals surface area contributed by atoms with Crippen molar-refractivity contribution in [3.63, 3.8) is 0 Å². The number of hydrogen-bond acceptors (Lipinski definition) is 6. The Balaban J connectivity index is 1.37. The second-order valence-corrected chi connectivity index (χ2v) is 7.40. The van der Waals surface area contributed by atoms with E-state index < -0.39 is 6.04 Å². The summed E-state index contributed by atoms with van der Waals surface area (Å²) >= 11 is 0. The van der Waals surface area contributed by atoms with Crippen LogP contribution >= 0.6 is 0 Å². The summed E-state index contributed by atoms with van der Waals surface area (Å²) in [5, 5.41) is 14.5. The Labute approximate surface area is 166 Å². The summed E-state index contributed by atoms with van der Waals surface area (Å²) in [6, 6.07) is 7.85. The highest BCUT2D eigenvalue weighted by molar-refractivity contribution is 5.92. The molecule has 2 aliphatic rings. The van der Waals surface area contributed by atoms with Gasteiger partial charge in [-0.25, -0.2) is 4.68 Å². The van der Waals surface area contributed by atoms with Crippen molar-refractivity contribution in [2.75, 3.05) is 13.2 Å². The average molecular weight is 392 g/mol. The van der Waals surface area contributed by atoms with Crippen molar-refractivity contribution in [2.45, 2.75) is 30.8 Å². The van der Waals surface area contributed by atoms with Gasteiger partial charge in [0, 0.05) is 35.6 Å². The predicted octanol–water partition coefficient (Wildman–Crippen LogP) is 1.28. The summed E-state index contributed by atoms with van der Waals surface area (Å²) in [7, 11) is 0. The van der Waals surface area contributed by atoms with Crippen molar-refractivity contribution in [3.8, 4) is 11.3 Å². The molecule has 4 heterocycles. The molecule has 29 heavy (non-hydrogen) atoms. The van der Waals surface area contributed by atoms with E-state index in [2.05, 4.69) is 25.6 Å². The molecule has 1 aliphatic carbocycles. The summed E-state index contributed by atoms with van der Waals surface area (Å²) in [6.45, 7) is 0.607. The minimum Gasteiger partial charge on any atom is -0.377 e. The highest BCUT2D eigenvalue weighted by Gasteiger charge is 2.34. The highest BCUT2D eigenvalue weighted by atomic mass is 16.5. The van der Waals surface area contributed by atoms with Gasteiger partial charge in [0.1, 0.15) is 11.7 Å². The number of ether oxygens (including phenoxy) is 1. The molecule has 1 amide bonds. The zero-order valence-electron chi connectivity index (χ0n) is 15.6. The van der Waals surface area contributed by atoms with E-state index in [1.54, 1.807) is 24.5 Å². The summed E-state index contributed by atoms with van der Waals surface area (Å²) in [5.41, 5.74) is 2.62. The number of amides is 1. The van der Waals surface area contributed by atoms with E-state index in [0.717, 1.165) is 24.1 Å². The molecule has 9 heteroatoms. The van der Waals surface area contributed by atoms with E-state index in [9.17, 15) is 9.59 Å². The van der Waals surface area contributed by atoms with E-state index in [1.807, 2.05) is 12.1 Å². The van der Waals surface area contributed by atoms with Gasteiger partial charge in [-0.15, -0.1) is 0 Å². The Kier molecular flexibility index (Phi) is 4.44. The maximum atomic E-state index is 12.6. The largest absolute Gasteiger partial charge is 0.377 e. The Morgan fingerprint density at radius 2 is 2.00 bits per heavy atom. The SMILES string of the molecule is O=C(NC1COCC1n1nc(-c2ccncc2)ccc1=O)c1cc(C2CC2)[nH]n1. The number of pyridine rings is 1. The molecule has 1 aliphatic heterocycles. The molecule has 5 rings (SSSR count). The Hall–Kier alpha value is -3.33. The minimum atomic E-state index is -0.393. The van der Waals surface area contributed by atoms with Gasteiger partial charge in [0.25, 0.3) is 11.5 Å². The first-order valence-corrected chi connectivity index (χ1v) is 9.63. The third kappa shape index (κ3) is 3.56. The Morgan fingerprint density at radius 3 is 2.79 bits per heavy atom. The molecule has 2 atom stereocenters. The molecule has 2 fully saturated rings. The van der Waals surface area contributed by atoms with E-state index in [4.69, 9.17) is 4.74 Å². The predicted molar refractivity (Wildman–Crippen MR) is 103 cm³/mol.